The summed E-state index contributed by atoms with van der Waals surface area (Å²) < 4.78 is 0. The molecule has 0 radical (unpaired) electrons. The zero-order chi connectivity index (χ0) is 14.6. The summed E-state index contributed by atoms with van der Waals surface area (Å²) in [4.78, 5) is 8.83. The van der Waals surface area contributed by atoms with Gasteiger partial charge in [-0.25, -0.2) is 9.97 Å². The van der Waals surface area contributed by atoms with Gasteiger partial charge in [0.1, 0.15) is 11.9 Å². The minimum absolute atomic E-state index is 0.116. The van der Waals surface area contributed by atoms with Gasteiger partial charge in [-0.1, -0.05) is 20.8 Å². The third-order valence-corrected chi connectivity index (χ3v) is 4.09. The highest BCUT2D eigenvalue weighted by molar-refractivity contribution is 7.09. The molecule has 0 aromatic carbocycles. The van der Waals surface area contributed by atoms with E-state index >= 15 is 0 Å². The van der Waals surface area contributed by atoms with Gasteiger partial charge in [0.25, 0.3) is 0 Å². The number of anilines is 1. The van der Waals surface area contributed by atoms with Gasteiger partial charge in [-0.15, -0.1) is 11.3 Å². The van der Waals surface area contributed by atoms with Crippen LogP contribution in [0.1, 0.15) is 37.0 Å². The van der Waals surface area contributed by atoms with Crippen LogP contribution >= 0.6 is 11.3 Å². The monoisotopic (exact) mass is 286 g/mol. The van der Waals surface area contributed by atoms with Gasteiger partial charge < -0.3 is 5.32 Å². The quantitative estimate of drug-likeness (QED) is 0.936. The number of pyridine rings is 1. The first-order chi connectivity index (χ1) is 9.49. The van der Waals surface area contributed by atoms with Crippen LogP contribution in [0.2, 0.25) is 0 Å². The summed E-state index contributed by atoms with van der Waals surface area (Å²) in [6.45, 7) is 7.31. The van der Waals surface area contributed by atoms with Gasteiger partial charge in [0.2, 0.25) is 0 Å². The van der Waals surface area contributed by atoms with Crippen LogP contribution in [-0.2, 0) is 11.8 Å². The van der Waals surface area contributed by atoms with Crippen LogP contribution in [0.5, 0.6) is 0 Å². The summed E-state index contributed by atoms with van der Waals surface area (Å²) in [7, 11) is 0. The lowest BCUT2D eigenvalue weighted by molar-refractivity contribution is 0.583. The van der Waals surface area contributed by atoms with E-state index in [4.69, 9.17) is 5.26 Å². The molecule has 0 aliphatic heterocycles. The van der Waals surface area contributed by atoms with E-state index in [2.05, 4.69) is 47.5 Å². The van der Waals surface area contributed by atoms with Gasteiger partial charge in [-0.2, -0.15) is 5.26 Å². The van der Waals surface area contributed by atoms with Crippen molar-refractivity contribution in [3.05, 3.63) is 40.0 Å². The lowest BCUT2D eigenvalue weighted by Gasteiger charge is -2.13. The normalized spacial score (nSPS) is 11.1. The van der Waals surface area contributed by atoms with Crippen LogP contribution < -0.4 is 5.32 Å². The minimum Gasteiger partial charge on any atom is -0.370 e. The standard InChI is InChI=1S/C15H18N4S/c1-15(2,3)14-19-12(10-20-14)6-7-17-13-5-4-11(8-16)9-18-13/h4-5,9-10H,6-7H2,1-3H3,(H,17,18). The molecule has 4 nitrogen and oxygen atoms in total. The van der Waals surface area contributed by atoms with Gasteiger partial charge in [-0.3, -0.25) is 0 Å². The first-order valence-electron chi connectivity index (χ1n) is 6.54. The van der Waals surface area contributed by atoms with E-state index in [-0.39, 0.29) is 5.41 Å². The average molecular weight is 286 g/mol. The predicted octanol–water partition coefficient (Wildman–Crippen LogP) is 3.36. The van der Waals surface area contributed by atoms with E-state index < -0.39 is 0 Å². The smallest absolute Gasteiger partial charge is 0.125 e. The second-order valence-corrected chi connectivity index (χ2v) is 6.47. The van der Waals surface area contributed by atoms with E-state index in [0.29, 0.717) is 5.56 Å². The molecular formula is C15H18N4S. The van der Waals surface area contributed by atoms with Crippen molar-refractivity contribution in [3.63, 3.8) is 0 Å². The lowest BCUT2D eigenvalue weighted by atomic mass is 9.98. The molecule has 0 aliphatic rings. The van der Waals surface area contributed by atoms with Gasteiger partial charge in [-0.05, 0) is 12.1 Å². The van der Waals surface area contributed by atoms with Crippen molar-refractivity contribution in [1.29, 1.82) is 5.26 Å². The Balaban J connectivity index is 1.86. The minimum atomic E-state index is 0.116. The molecule has 0 saturated carbocycles. The number of nitriles is 1. The highest BCUT2D eigenvalue weighted by Gasteiger charge is 2.17. The van der Waals surface area contributed by atoms with Gasteiger partial charge >= 0.3 is 0 Å². The Morgan fingerprint density at radius 3 is 2.70 bits per heavy atom. The Morgan fingerprint density at radius 2 is 2.15 bits per heavy atom. The molecular weight excluding hydrogens is 268 g/mol. The summed E-state index contributed by atoms with van der Waals surface area (Å²) in [5.41, 5.74) is 1.80. The number of nitrogens with zero attached hydrogens (tertiary/aromatic N) is 3. The number of hydrogen-bond acceptors (Lipinski definition) is 5. The summed E-state index contributed by atoms with van der Waals surface area (Å²) >= 11 is 1.72. The lowest BCUT2D eigenvalue weighted by Crippen LogP contribution is -2.11. The molecule has 2 aromatic heterocycles. The second kappa shape index (κ2) is 6.02. The van der Waals surface area contributed by atoms with Crippen LogP contribution in [0.4, 0.5) is 5.82 Å². The second-order valence-electron chi connectivity index (χ2n) is 5.61. The van der Waals surface area contributed by atoms with Crippen molar-refractivity contribution in [2.24, 2.45) is 0 Å². The Morgan fingerprint density at radius 1 is 1.35 bits per heavy atom. The van der Waals surface area contributed by atoms with Crippen LogP contribution in [0.3, 0.4) is 0 Å². The average Bonchev–Trinajstić information content (AvgIpc) is 2.88. The molecule has 0 atom stereocenters. The molecule has 0 saturated heterocycles. The van der Waals surface area contributed by atoms with Gasteiger partial charge in [0, 0.05) is 30.0 Å². The first kappa shape index (κ1) is 14.5. The number of nitrogens with one attached hydrogen (secondary N) is 1. The molecule has 104 valence electrons. The fourth-order valence-corrected chi connectivity index (χ4v) is 2.59. The highest BCUT2D eigenvalue weighted by Crippen LogP contribution is 2.25. The van der Waals surface area contributed by atoms with Crippen molar-refractivity contribution in [2.75, 3.05) is 11.9 Å². The fourth-order valence-electron chi connectivity index (χ4n) is 1.65. The summed E-state index contributed by atoms with van der Waals surface area (Å²) in [5, 5.41) is 15.2. The maximum Gasteiger partial charge on any atom is 0.125 e. The van der Waals surface area contributed by atoms with Gasteiger partial charge in [0.15, 0.2) is 0 Å². The highest BCUT2D eigenvalue weighted by atomic mass is 32.1. The molecule has 0 aliphatic carbocycles. The van der Waals surface area contributed by atoms with Gasteiger partial charge in [0.05, 0.1) is 16.3 Å². The van der Waals surface area contributed by atoms with E-state index in [1.54, 1.807) is 23.6 Å². The predicted molar refractivity (Wildman–Crippen MR) is 82.0 cm³/mol. The van der Waals surface area contributed by atoms with Crippen LogP contribution in [0.15, 0.2) is 23.7 Å². The molecule has 5 heteroatoms. The molecule has 20 heavy (non-hydrogen) atoms. The summed E-state index contributed by atoms with van der Waals surface area (Å²) in [6.07, 6.45) is 2.44. The van der Waals surface area contributed by atoms with E-state index in [1.165, 1.54) is 5.01 Å². The molecule has 0 spiro atoms. The Hall–Kier alpha value is -1.93. The molecule has 0 bridgehead atoms. The molecule has 2 rings (SSSR count). The van der Waals surface area contributed by atoms with E-state index in [1.807, 2.05) is 6.07 Å². The SMILES string of the molecule is CC(C)(C)c1nc(CCNc2ccc(C#N)cn2)cs1. The first-order valence-corrected chi connectivity index (χ1v) is 7.42. The van der Waals surface area contributed by atoms with E-state index in [0.717, 1.165) is 24.5 Å². The fraction of sp³-hybridized carbons (Fsp3) is 0.400. The zero-order valence-corrected chi connectivity index (χ0v) is 12.8. The summed E-state index contributed by atoms with van der Waals surface area (Å²) in [5.74, 6) is 0.787. The number of hydrogen-bond donors (Lipinski definition) is 1. The topological polar surface area (TPSA) is 61.6 Å². The van der Waals surface area contributed by atoms with Crippen molar-refractivity contribution >= 4 is 17.2 Å². The van der Waals surface area contributed by atoms with Crippen molar-refractivity contribution in [2.45, 2.75) is 32.6 Å². The third-order valence-electron chi connectivity index (χ3n) is 2.77. The van der Waals surface area contributed by atoms with Crippen LogP contribution in [-0.4, -0.2) is 16.5 Å². The van der Waals surface area contributed by atoms with Crippen molar-refractivity contribution < 1.29 is 0 Å². The Labute approximate surface area is 123 Å². The summed E-state index contributed by atoms with van der Waals surface area (Å²) in [6, 6.07) is 5.63. The molecule has 0 unspecified atom stereocenters. The largest absolute Gasteiger partial charge is 0.370 e. The molecule has 0 fully saturated rings. The molecule has 2 aromatic rings. The number of aromatic nitrogens is 2. The van der Waals surface area contributed by atoms with Crippen LogP contribution in [0.25, 0.3) is 0 Å². The molecule has 2 heterocycles. The maximum absolute atomic E-state index is 8.70. The molecule has 0 amide bonds. The zero-order valence-electron chi connectivity index (χ0n) is 12.0. The Kier molecular flexibility index (Phi) is 4.35. The van der Waals surface area contributed by atoms with E-state index in [9.17, 15) is 0 Å². The maximum atomic E-state index is 8.70. The Bertz CT molecular complexity index is 602. The number of thiazole rings is 1. The van der Waals surface area contributed by atoms with Crippen molar-refractivity contribution in [1.82, 2.24) is 9.97 Å². The number of rotatable bonds is 4. The van der Waals surface area contributed by atoms with Crippen molar-refractivity contribution in [3.8, 4) is 6.07 Å². The van der Waals surface area contributed by atoms with Crippen LogP contribution in [0, 0.1) is 11.3 Å². The molecule has 1 N–H and O–H groups in total. The third kappa shape index (κ3) is 3.78.